The lowest BCUT2D eigenvalue weighted by atomic mass is 10.1. The highest BCUT2D eigenvalue weighted by molar-refractivity contribution is 6.00. The Kier molecular flexibility index (Phi) is 3.09. The average molecular weight is 195 g/mol. The summed E-state index contributed by atoms with van der Waals surface area (Å²) in [5.41, 5.74) is 5.99. The number of ketones is 1. The number of carbonyl (C=O) groups excluding carboxylic acids is 1. The second-order valence-corrected chi connectivity index (χ2v) is 2.92. The quantitative estimate of drug-likeness (QED) is 0.701. The van der Waals surface area contributed by atoms with Gasteiger partial charge in [0.25, 0.3) is 0 Å². The smallest absolute Gasteiger partial charge is 0.180 e. The van der Waals surface area contributed by atoms with Crippen molar-refractivity contribution < 1.29 is 14.6 Å². The molecule has 4 nitrogen and oxygen atoms in total. The molecule has 3 N–H and O–H groups in total. The van der Waals surface area contributed by atoms with Crippen molar-refractivity contribution in [3.8, 4) is 11.5 Å². The first-order valence-corrected chi connectivity index (χ1v) is 4.21. The molecule has 1 aromatic carbocycles. The second kappa shape index (κ2) is 4.11. The second-order valence-electron chi connectivity index (χ2n) is 2.92. The highest BCUT2D eigenvalue weighted by atomic mass is 16.5. The summed E-state index contributed by atoms with van der Waals surface area (Å²) < 4.78 is 4.99. The van der Waals surface area contributed by atoms with Gasteiger partial charge < -0.3 is 15.6 Å². The van der Waals surface area contributed by atoms with E-state index in [0.717, 1.165) is 0 Å². The minimum absolute atomic E-state index is 0.0557. The molecule has 1 rings (SSSR count). The van der Waals surface area contributed by atoms with E-state index in [1.807, 2.05) is 0 Å². The number of rotatable bonds is 3. The van der Waals surface area contributed by atoms with Crippen molar-refractivity contribution in [2.24, 2.45) is 5.73 Å². The van der Waals surface area contributed by atoms with Crippen molar-refractivity contribution in [1.82, 2.24) is 0 Å². The number of phenolic OH excluding ortho intramolecular Hbond substituents is 1. The molecule has 76 valence electrons. The molecular formula is C10H13NO3. The summed E-state index contributed by atoms with van der Waals surface area (Å²) >= 11 is 0. The molecule has 0 bridgehead atoms. The average Bonchev–Trinajstić information content (AvgIpc) is 2.21. The van der Waals surface area contributed by atoms with Crippen LogP contribution in [0.1, 0.15) is 15.9 Å². The summed E-state index contributed by atoms with van der Waals surface area (Å²) in [4.78, 5) is 11.3. The maximum absolute atomic E-state index is 11.3. The molecule has 0 unspecified atom stereocenters. The Balaban J connectivity index is 3.24. The van der Waals surface area contributed by atoms with Crippen LogP contribution < -0.4 is 10.5 Å². The predicted molar refractivity (Wildman–Crippen MR) is 52.8 cm³/mol. The van der Waals surface area contributed by atoms with E-state index in [-0.39, 0.29) is 23.6 Å². The molecule has 0 aliphatic heterocycles. The molecule has 0 fully saturated rings. The van der Waals surface area contributed by atoms with E-state index in [4.69, 9.17) is 10.5 Å². The number of phenols is 1. The Hall–Kier alpha value is -1.55. The molecule has 0 heterocycles. The lowest BCUT2D eigenvalue weighted by Gasteiger charge is -2.09. The van der Waals surface area contributed by atoms with Crippen LogP contribution in [0.5, 0.6) is 11.5 Å². The zero-order valence-electron chi connectivity index (χ0n) is 8.20. The minimum Gasteiger partial charge on any atom is -0.507 e. The van der Waals surface area contributed by atoms with E-state index in [2.05, 4.69) is 0 Å². The SMILES string of the molecule is COc1ccc(C(=O)CN)c(O)c1C. The summed E-state index contributed by atoms with van der Waals surface area (Å²) in [7, 11) is 1.51. The van der Waals surface area contributed by atoms with Crippen molar-refractivity contribution in [2.75, 3.05) is 13.7 Å². The van der Waals surface area contributed by atoms with Crippen molar-refractivity contribution >= 4 is 5.78 Å². The van der Waals surface area contributed by atoms with E-state index in [9.17, 15) is 9.90 Å². The Morgan fingerprint density at radius 2 is 2.21 bits per heavy atom. The largest absolute Gasteiger partial charge is 0.507 e. The van der Waals surface area contributed by atoms with Gasteiger partial charge in [0.05, 0.1) is 19.2 Å². The van der Waals surface area contributed by atoms with Crippen LogP contribution in [0.15, 0.2) is 12.1 Å². The third-order valence-electron chi connectivity index (χ3n) is 2.09. The number of benzene rings is 1. The van der Waals surface area contributed by atoms with Gasteiger partial charge in [-0.3, -0.25) is 4.79 Å². The molecule has 0 aliphatic rings. The molecule has 1 aromatic rings. The molecule has 4 heteroatoms. The normalized spacial score (nSPS) is 9.93. The lowest BCUT2D eigenvalue weighted by molar-refractivity contribution is 0.0998. The van der Waals surface area contributed by atoms with Gasteiger partial charge in [-0.05, 0) is 19.1 Å². The van der Waals surface area contributed by atoms with Crippen LogP contribution in [0.2, 0.25) is 0 Å². The predicted octanol–water partition coefficient (Wildman–Crippen LogP) is 0.851. The van der Waals surface area contributed by atoms with Gasteiger partial charge in [-0.2, -0.15) is 0 Å². The zero-order chi connectivity index (χ0) is 10.7. The Morgan fingerprint density at radius 3 is 2.71 bits per heavy atom. The van der Waals surface area contributed by atoms with Gasteiger partial charge in [-0.1, -0.05) is 0 Å². The van der Waals surface area contributed by atoms with Crippen LogP contribution in [0, 0.1) is 6.92 Å². The number of nitrogens with two attached hydrogens (primary N) is 1. The maximum Gasteiger partial charge on any atom is 0.180 e. The Morgan fingerprint density at radius 1 is 1.57 bits per heavy atom. The number of Topliss-reactive ketones (excluding diaryl/α,β-unsaturated/α-hetero) is 1. The van der Waals surface area contributed by atoms with E-state index in [1.165, 1.54) is 13.2 Å². The van der Waals surface area contributed by atoms with Gasteiger partial charge in [0.15, 0.2) is 5.78 Å². The van der Waals surface area contributed by atoms with Crippen molar-refractivity contribution in [1.29, 1.82) is 0 Å². The van der Waals surface area contributed by atoms with Gasteiger partial charge >= 0.3 is 0 Å². The van der Waals surface area contributed by atoms with Gasteiger partial charge in [0, 0.05) is 5.56 Å². The summed E-state index contributed by atoms with van der Waals surface area (Å²) in [6.45, 7) is 1.57. The van der Waals surface area contributed by atoms with Crippen molar-refractivity contribution in [2.45, 2.75) is 6.92 Å². The summed E-state index contributed by atoms with van der Waals surface area (Å²) in [5, 5.41) is 9.65. The Bertz CT molecular complexity index is 361. The molecule has 0 radical (unpaired) electrons. The molecule has 0 atom stereocenters. The van der Waals surface area contributed by atoms with E-state index >= 15 is 0 Å². The number of carbonyl (C=O) groups is 1. The minimum atomic E-state index is -0.284. The highest BCUT2D eigenvalue weighted by Crippen LogP contribution is 2.30. The van der Waals surface area contributed by atoms with Gasteiger partial charge in [0.2, 0.25) is 0 Å². The maximum atomic E-state index is 11.3. The first kappa shape index (κ1) is 10.5. The molecule has 0 saturated heterocycles. The summed E-state index contributed by atoms with van der Waals surface area (Å²) in [6, 6.07) is 3.15. The molecular weight excluding hydrogens is 182 g/mol. The van der Waals surface area contributed by atoms with Crippen LogP contribution >= 0.6 is 0 Å². The fourth-order valence-corrected chi connectivity index (χ4v) is 1.24. The molecule has 0 aliphatic carbocycles. The fourth-order valence-electron chi connectivity index (χ4n) is 1.24. The fraction of sp³-hybridized carbons (Fsp3) is 0.300. The lowest BCUT2D eigenvalue weighted by Crippen LogP contribution is -2.14. The van der Waals surface area contributed by atoms with E-state index in [1.54, 1.807) is 13.0 Å². The van der Waals surface area contributed by atoms with E-state index in [0.29, 0.717) is 11.3 Å². The number of ether oxygens (including phenoxy) is 1. The monoisotopic (exact) mass is 195 g/mol. The number of methoxy groups -OCH3 is 1. The number of aromatic hydroxyl groups is 1. The molecule has 0 amide bonds. The number of hydrogen-bond acceptors (Lipinski definition) is 4. The number of hydrogen-bond donors (Lipinski definition) is 2. The van der Waals surface area contributed by atoms with Crippen LogP contribution in [0.4, 0.5) is 0 Å². The molecule has 0 aromatic heterocycles. The zero-order valence-corrected chi connectivity index (χ0v) is 8.20. The highest BCUT2D eigenvalue weighted by Gasteiger charge is 2.13. The van der Waals surface area contributed by atoms with Gasteiger partial charge in [-0.25, -0.2) is 0 Å². The summed E-state index contributed by atoms with van der Waals surface area (Å²) in [6.07, 6.45) is 0. The first-order chi connectivity index (χ1) is 6.61. The third kappa shape index (κ3) is 1.70. The van der Waals surface area contributed by atoms with Gasteiger partial charge in [0.1, 0.15) is 11.5 Å². The summed E-state index contributed by atoms with van der Waals surface area (Å²) in [5.74, 6) is 0.212. The topological polar surface area (TPSA) is 72.5 Å². The standard InChI is InChI=1S/C10H13NO3/c1-6-9(14-2)4-3-7(10(6)13)8(12)5-11/h3-4,13H,5,11H2,1-2H3. The molecule has 0 spiro atoms. The molecule has 14 heavy (non-hydrogen) atoms. The van der Waals surface area contributed by atoms with E-state index < -0.39 is 0 Å². The first-order valence-electron chi connectivity index (χ1n) is 4.21. The van der Waals surface area contributed by atoms with Crippen LogP contribution in [0.25, 0.3) is 0 Å². The molecule has 0 saturated carbocycles. The van der Waals surface area contributed by atoms with Crippen molar-refractivity contribution in [3.63, 3.8) is 0 Å². The van der Waals surface area contributed by atoms with Gasteiger partial charge in [-0.15, -0.1) is 0 Å². The van der Waals surface area contributed by atoms with Crippen molar-refractivity contribution in [3.05, 3.63) is 23.3 Å². The van der Waals surface area contributed by atoms with Crippen LogP contribution in [-0.2, 0) is 0 Å². The van der Waals surface area contributed by atoms with Crippen LogP contribution in [-0.4, -0.2) is 24.5 Å². The van der Waals surface area contributed by atoms with Crippen LogP contribution in [0.3, 0.4) is 0 Å². The third-order valence-corrected chi connectivity index (χ3v) is 2.09. The Labute approximate surface area is 82.3 Å².